The predicted molar refractivity (Wildman–Crippen MR) is 121 cm³/mol. The Kier molecular flexibility index (Phi) is 7.56. The van der Waals surface area contributed by atoms with Crippen LogP contribution in [0.1, 0.15) is 27.7 Å². The molecule has 1 aromatic heterocycles. The van der Waals surface area contributed by atoms with E-state index in [1.165, 1.54) is 23.6 Å². The molecule has 0 radical (unpaired) electrons. The normalized spacial score (nSPS) is 11.3. The average Bonchev–Trinajstić information content (AvgIpc) is 3.29. The van der Waals surface area contributed by atoms with Crippen LogP contribution >= 0.6 is 11.3 Å². The van der Waals surface area contributed by atoms with Crippen LogP contribution in [0.15, 0.2) is 76.8 Å². The van der Waals surface area contributed by atoms with Gasteiger partial charge in [0.15, 0.2) is 11.5 Å². The van der Waals surface area contributed by atoms with Gasteiger partial charge >= 0.3 is 0 Å². The second-order valence-corrected chi connectivity index (χ2v) is 7.23. The fraction of sp³-hybridized carbons (Fsp3) is 0.0870. The lowest BCUT2D eigenvalue weighted by Crippen LogP contribution is -2.32. The largest absolute Gasteiger partial charge is 0.504 e. The minimum absolute atomic E-state index is 0.0211. The Morgan fingerprint density at radius 3 is 2.65 bits per heavy atom. The molecule has 0 unspecified atom stereocenters. The molecule has 3 N–H and O–H groups in total. The van der Waals surface area contributed by atoms with Crippen LogP contribution in [-0.2, 0) is 4.79 Å². The van der Waals surface area contributed by atoms with Gasteiger partial charge in [0.2, 0.25) is 0 Å². The van der Waals surface area contributed by atoms with E-state index in [0.29, 0.717) is 23.5 Å². The Morgan fingerprint density at radius 2 is 1.94 bits per heavy atom. The summed E-state index contributed by atoms with van der Waals surface area (Å²) in [6.45, 7) is 2.22. The highest BCUT2D eigenvalue weighted by Crippen LogP contribution is 2.26. The molecule has 3 rings (SSSR count). The van der Waals surface area contributed by atoms with Crippen molar-refractivity contribution in [2.75, 3.05) is 6.61 Å². The molecule has 8 heteroatoms. The number of thiophene rings is 1. The molecular weight excluding hydrogens is 414 g/mol. The number of rotatable bonds is 8. The third kappa shape index (κ3) is 6.28. The van der Waals surface area contributed by atoms with Gasteiger partial charge in [0.05, 0.1) is 12.8 Å². The van der Waals surface area contributed by atoms with Crippen LogP contribution in [0.3, 0.4) is 0 Å². The van der Waals surface area contributed by atoms with Crippen molar-refractivity contribution in [2.24, 2.45) is 5.10 Å². The number of benzene rings is 2. The Hall–Kier alpha value is -3.91. The fourth-order valence-corrected chi connectivity index (χ4v) is 3.22. The molecule has 1 heterocycles. The molecule has 31 heavy (non-hydrogen) atoms. The van der Waals surface area contributed by atoms with E-state index in [2.05, 4.69) is 15.8 Å². The van der Waals surface area contributed by atoms with E-state index in [1.807, 2.05) is 24.4 Å². The summed E-state index contributed by atoms with van der Waals surface area (Å²) >= 11 is 1.44. The molecule has 0 aliphatic carbocycles. The van der Waals surface area contributed by atoms with Gasteiger partial charge < -0.3 is 15.2 Å². The third-order valence-electron chi connectivity index (χ3n) is 4.02. The molecule has 0 bridgehead atoms. The Bertz CT molecular complexity index is 1090. The molecular formula is C23H21N3O4S. The first-order valence-electron chi connectivity index (χ1n) is 9.47. The van der Waals surface area contributed by atoms with E-state index < -0.39 is 11.8 Å². The topological polar surface area (TPSA) is 100 Å². The molecule has 0 fully saturated rings. The monoisotopic (exact) mass is 435 g/mol. The van der Waals surface area contributed by atoms with Crippen molar-refractivity contribution >= 4 is 35.4 Å². The summed E-state index contributed by atoms with van der Waals surface area (Å²) in [6, 6.07) is 17.0. The van der Waals surface area contributed by atoms with Gasteiger partial charge in [-0.05, 0) is 60.3 Å². The van der Waals surface area contributed by atoms with Crippen molar-refractivity contribution in [2.45, 2.75) is 6.92 Å². The van der Waals surface area contributed by atoms with Crippen molar-refractivity contribution in [3.63, 3.8) is 0 Å². The van der Waals surface area contributed by atoms with Crippen molar-refractivity contribution in [3.8, 4) is 11.5 Å². The second-order valence-electron chi connectivity index (χ2n) is 6.25. The van der Waals surface area contributed by atoms with Crippen LogP contribution in [0, 0.1) is 0 Å². The minimum Gasteiger partial charge on any atom is -0.504 e. The van der Waals surface area contributed by atoms with Gasteiger partial charge in [-0.2, -0.15) is 5.10 Å². The van der Waals surface area contributed by atoms with Crippen LogP contribution in [0.25, 0.3) is 6.08 Å². The van der Waals surface area contributed by atoms with Crippen molar-refractivity contribution in [3.05, 3.63) is 87.7 Å². The second kappa shape index (κ2) is 10.7. The number of amides is 2. The van der Waals surface area contributed by atoms with Crippen LogP contribution in [-0.4, -0.2) is 29.7 Å². The maximum Gasteiger partial charge on any atom is 0.287 e. The van der Waals surface area contributed by atoms with E-state index in [4.69, 9.17) is 4.74 Å². The van der Waals surface area contributed by atoms with E-state index >= 15 is 0 Å². The number of nitrogens with one attached hydrogen (secondary N) is 2. The molecule has 7 nitrogen and oxygen atoms in total. The summed E-state index contributed by atoms with van der Waals surface area (Å²) in [6.07, 6.45) is 3.01. The average molecular weight is 436 g/mol. The summed E-state index contributed by atoms with van der Waals surface area (Å²) < 4.78 is 5.33. The Morgan fingerprint density at radius 1 is 1.13 bits per heavy atom. The molecule has 158 valence electrons. The maximum absolute atomic E-state index is 12.7. The van der Waals surface area contributed by atoms with Crippen LogP contribution in [0.5, 0.6) is 11.5 Å². The van der Waals surface area contributed by atoms with Crippen molar-refractivity contribution < 1.29 is 19.4 Å². The number of aromatic hydroxyl groups is 1. The summed E-state index contributed by atoms with van der Waals surface area (Å²) in [5.74, 6) is -0.626. The first kappa shape index (κ1) is 21.8. The Balaban J connectivity index is 1.73. The lowest BCUT2D eigenvalue weighted by atomic mass is 10.2. The number of hydrogen-bond donors (Lipinski definition) is 3. The summed E-state index contributed by atoms with van der Waals surface area (Å²) in [4.78, 5) is 26.0. The molecule has 0 spiro atoms. The zero-order valence-electron chi connectivity index (χ0n) is 16.7. The highest BCUT2D eigenvalue weighted by Gasteiger charge is 2.14. The van der Waals surface area contributed by atoms with Gasteiger partial charge in [-0.25, -0.2) is 5.43 Å². The van der Waals surface area contributed by atoms with Crippen LogP contribution in [0.4, 0.5) is 0 Å². The number of phenolic OH excluding ortho intramolecular Hbond substituents is 1. The zero-order chi connectivity index (χ0) is 22.1. The molecule has 3 aromatic rings. The highest BCUT2D eigenvalue weighted by atomic mass is 32.1. The molecule has 0 atom stereocenters. The number of carbonyl (C=O) groups is 2. The number of carbonyl (C=O) groups excluding carboxylic acids is 2. The van der Waals surface area contributed by atoms with Gasteiger partial charge in [-0.15, -0.1) is 11.3 Å². The highest BCUT2D eigenvalue weighted by molar-refractivity contribution is 7.10. The lowest BCUT2D eigenvalue weighted by molar-refractivity contribution is -0.117. The maximum atomic E-state index is 12.7. The number of nitrogens with zero attached hydrogens (tertiary/aromatic N) is 1. The van der Waals surface area contributed by atoms with Gasteiger partial charge in [-0.3, -0.25) is 9.59 Å². The van der Waals surface area contributed by atoms with Gasteiger partial charge in [0.1, 0.15) is 5.70 Å². The van der Waals surface area contributed by atoms with E-state index in [0.717, 1.165) is 4.88 Å². The molecule has 0 saturated heterocycles. The smallest absolute Gasteiger partial charge is 0.287 e. The zero-order valence-corrected chi connectivity index (χ0v) is 17.6. The number of ether oxygens (including phenoxy) is 1. The van der Waals surface area contributed by atoms with Gasteiger partial charge in [0.25, 0.3) is 11.8 Å². The molecule has 0 aliphatic heterocycles. The standard InChI is InChI=1S/C23H21N3O4S/c1-2-30-21-13-16(10-11-20(21)27)15-24-26-23(29)19(14-18-9-6-12-31-18)25-22(28)17-7-4-3-5-8-17/h3-15,27H,2H2,1H3,(H,25,28)(H,26,29). The molecule has 2 aromatic carbocycles. The summed E-state index contributed by atoms with van der Waals surface area (Å²) in [5.41, 5.74) is 3.54. The molecule has 0 saturated carbocycles. The van der Waals surface area contributed by atoms with Gasteiger partial charge in [0, 0.05) is 10.4 Å². The fourth-order valence-electron chi connectivity index (χ4n) is 2.57. The van der Waals surface area contributed by atoms with Crippen molar-refractivity contribution in [1.82, 2.24) is 10.7 Å². The minimum atomic E-state index is -0.572. The first-order chi connectivity index (χ1) is 15.1. The number of hydrogen-bond acceptors (Lipinski definition) is 6. The molecule has 0 aliphatic rings. The van der Waals surface area contributed by atoms with E-state index in [1.54, 1.807) is 48.5 Å². The number of hydrazone groups is 1. The van der Waals surface area contributed by atoms with Crippen LogP contribution < -0.4 is 15.5 Å². The van der Waals surface area contributed by atoms with E-state index in [9.17, 15) is 14.7 Å². The SMILES string of the molecule is CCOc1cc(C=NNC(=O)C(=Cc2cccs2)NC(=O)c2ccccc2)ccc1O. The first-order valence-corrected chi connectivity index (χ1v) is 10.4. The summed E-state index contributed by atoms with van der Waals surface area (Å²) in [7, 11) is 0. The van der Waals surface area contributed by atoms with Crippen molar-refractivity contribution in [1.29, 1.82) is 0 Å². The van der Waals surface area contributed by atoms with Crippen LogP contribution in [0.2, 0.25) is 0 Å². The predicted octanol–water partition coefficient (Wildman–Crippen LogP) is 3.77. The quantitative estimate of drug-likeness (QED) is 0.285. The summed E-state index contributed by atoms with van der Waals surface area (Å²) in [5, 5.41) is 18.2. The Labute approximate surface area is 183 Å². The third-order valence-corrected chi connectivity index (χ3v) is 4.84. The lowest BCUT2D eigenvalue weighted by Gasteiger charge is -2.09. The number of phenols is 1. The van der Waals surface area contributed by atoms with Gasteiger partial charge in [-0.1, -0.05) is 24.3 Å². The van der Waals surface area contributed by atoms with E-state index in [-0.39, 0.29) is 11.4 Å². The molecule has 2 amide bonds.